The Hall–Kier alpha value is -5.13. The van der Waals surface area contributed by atoms with Gasteiger partial charge in [-0.3, -0.25) is 9.36 Å². The number of nitrogens with one attached hydrogen (secondary N) is 2. The van der Waals surface area contributed by atoms with Crippen molar-refractivity contribution >= 4 is 23.4 Å². The number of aryl methyl sites for hydroxylation is 1. The van der Waals surface area contributed by atoms with Crippen LogP contribution in [0.3, 0.4) is 0 Å². The molecule has 3 amide bonds. The number of imidazole rings is 1. The Morgan fingerprint density at radius 1 is 1.00 bits per heavy atom. The molecule has 1 atom stereocenters. The van der Waals surface area contributed by atoms with Crippen molar-refractivity contribution in [2.75, 3.05) is 44.1 Å². The summed E-state index contributed by atoms with van der Waals surface area (Å²) in [5, 5.41) is 5.96. The average Bonchev–Trinajstić information content (AvgIpc) is 3.56. The van der Waals surface area contributed by atoms with Crippen molar-refractivity contribution in [3.05, 3.63) is 84.6 Å². The summed E-state index contributed by atoms with van der Waals surface area (Å²) in [6.45, 7) is 3.54. The fourth-order valence-corrected chi connectivity index (χ4v) is 4.84. The molecule has 0 aliphatic carbocycles. The lowest BCUT2D eigenvalue weighted by Gasteiger charge is -2.42. The third-order valence-corrected chi connectivity index (χ3v) is 7.01. The second kappa shape index (κ2) is 13.0. The number of nitrogens with zero attached hydrogens (tertiary/aromatic N) is 6. The SMILES string of the molecule is COc1ccc(NC(=O)N2CCN(c3cc(C)nc(-n4ccnc4)n3)C(CC(=O)NCc3cccc(OC)c3)C2)cc1. The highest BCUT2D eigenvalue weighted by atomic mass is 16.5. The zero-order chi connectivity index (χ0) is 29.5. The predicted octanol–water partition coefficient (Wildman–Crippen LogP) is 3.42. The topological polar surface area (TPSA) is 127 Å². The molecule has 12 heteroatoms. The lowest BCUT2D eigenvalue weighted by Crippen LogP contribution is -2.57. The molecule has 12 nitrogen and oxygen atoms in total. The van der Waals surface area contributed by atoms with Gasteiger partial charge < -0.3 is 29.9 Å². The number of benzene rings is 2. The van der Waals surface area contributed by atoms with Crippen molar-refractivity contribution < 1.29 is 19.1 Å². The summed E-state index contributed by atoms with van der Waals surface area (Å²) < 4.78 is 12.2. The van der Waals surface area contributed by atoms with E-state index in [1.165, 1.54) is 0 Å². The number of carbonyl (C=O) groups is 2. The number of hydrogen-bond acceptors (Lipinski definition) is 8. The summed E-state index contributed by atoms with van der Waals surface area (Å²) in [5.41, 5.74) is 2.37. The molecule has 4 aromatic rings. The van der Waals surface area contributed by atoms with E-state index < -0.39 is 0 Å². The summed E-state index contributed by atoms with van der Waals surface area (Å²) in [6, 6.07) is 16.1. The first-order valence-corrected chi connectivity index (χ1v) is 13.6. The van der Waals surface area contributed by atoms with Gasteiger partial charge in [0, 0.05) is 62.4 Å². The van der Waals surface area contributed by atoms with E-state index in [0.717, 1.165) is 17.0 Å². The normalized spacial score (nSPS) is 14.8. The van der Waals surface area contributed by atoms with Gasteiger partial charge in [0.15, 0.2) is 0 Å². The van der Waals surface area contributed by atoms with Crippen LogP contribution in [0.2, 0.25) is 0 Å². The monoisotopic (exact) mass is 570 g/mol. The van der Waals surface area contributed by atoms with Gasteiger partial charge in [0.25, 0.3) is 0 Å². The highest BCUT2D eigenvalue weighted by Gasteiger charge is 2.32. The standard InChI is InChI=1S/C30H34N8O4/c1-21-15-27(35-29(33-21)37-12-11-31-20-37)38-14-13-36(30(40)34-23-7-9-25(41-2)10-8-23)19-24(38)17-28(39)32-18-22-5-4-6-26(16-22)42-3/h4-12,15-16,20,24H,13-14,17-19H2,1-3H3,(H,32,39)(H,34,40). The van der Waals surface area contributed by atoms with E-state index in [0.29, 0.717) is 49.4 Å². The Morgan fingerprint density at radius 3 is 2.55 bits per heavy atom. The summed E-state index contributed by atoms with van der Waals surface area (Å²) in [4.78, 5) is 43.7. The number of anilines is 2. The molecule has 42 heavy (non-hydrogen) atoms. The van der Waals surface area contributed by atoms with E-state index in [1.807, 2.05) is 37.3 Å². The molecule has 218 valence electrons. The number of rotatable bonds is 9. The van der Waals surface area contributed by atoms with Crippen LogP contribution in [-0.4, -0.2) is 76.3 Å². The first kappa shape index (κ1) is 28.4. The van der Waals surface area contributed by atoms with E-state index in [2.05, 4.69) is 25.5 Å². The Kier molecular flexibility index (Phi) is 8.81. The molecular weight excluding hydrogens is 536 g/mol. The predicted molar refractivity (Wildman–Crippen MR) is 158 cm³/mol. The summed E-state index contributed by atoms with van der Waals surface area (Å²) in [6.07, 6.45) is 5.26. The van der Waals surface area contributed by atoms with Crippen LogP contribution in [0, 0.1) is 6.92 Å². The second-order valence-electron chi connectivity index (χ2n) is 9.92. The number of hydrogen-bond donors (Lipinski definition) is 2. The van der Waals surface area contributed by atoms with Crippen LogP contribution in [0.1, 0.15) is 17.7 Å². The number of urea groups is 1. The van der Waals surface area contributed by atoms with Crippen molar-refractivity contribution in [2.45, 2.75) is 25.9 Å². The molecule has 1 fully saturated rings. The van der Waals surface area contributed by atoms with Crippen LogP contribution in [0.25, 0.3) is 5.95 Å². The Bertz CT molecular complexity index is 1510. The van der Waals surface area contributed by atoms with Crippen LogP contribution in [0.15, 0.2) is 73.3 Å². The number of methoxy groups -OCH3 is 2. The third-order valence-electron chi connectivity index (χ3n) is 7.01. The highest BCUT2D eigenvalue weighted by Crippen LogP contribution is 2.24. The molecule has 2 aromatic heterocycles. The molecule has 0 spiro atoms. The molecule has 3 heterocycles. The van der Waals surface area contributed by atoms with Crippen LogP contribution >= 0.6 is 0 Å². The smallest absolute Gasteiger partial charge is 0.321 e. The summed E-state index contributed by atoms with van der Waals surface area (Å²) in [7, 11) is 3.20. The van der Waals surface area contributed by atoms with Crippen LogP contribution in [-0.2, 0) is 11.3 Å². The van der Waals surface area contributed by atoms with Crippen molar-refractivity contribution in [3.63, 3.8) is 0 Å². The number of amides is 3. The third kappa shape index (κ3) is 6.95. The molecular formula is C30H34N8O4. The van der Waals surface area contributed by atoms with Gasteiger partial charge in [-0.05, 0) is 48.9 Å². The minimum atomic E-state index is -0.324. The Labute approximate surface area is 244 Å². The first-order chi connectivity index (χ1) is 20.4. The maximum Gasteiger partial charge on any atom is 0.321 e. The van der Waals surface area contributed by atoms with Crippen LogP contribution < -0.4 is 25.0 Å². The fraction of sp³-hybridized carbons (Fsp3) is 0.300. The average molecular weight is 571 g/mol. The van der Waals surface area contributed by atoms with Gasteiger partial charge in [-0.25, -0.2) is 14.8 Å². The fourth-order valence-electron chi connectivity index (χ4n) is 4.84. The van der Waals surface area contributed by atoms with E-state index in [4.69, 9.17) is 14.5 Å². The molecule has 1 unspecified atom stereocenters. The quantitative estimate of drug-likeness (QED) is 0.314. The number of aromatic nitrogens is 4. The van der Waals surface area contributed by atoms with E-state index in [1.54, 1.807) is 66.7 Å². The van der Waals surface area contributed by atoms with Crippen molar-refractivity contribution in [1.29, 1.82) is 0 Å². The van der Waals surface area contributed by atoms with Crippen LogP contribution in [0.4, 0.5) is 16.3 Å². The van der Waals surface area contributed by atoms with Gasteiger partial charge in [0.05, 0.1) is 20.3 Å². The van der Waals surface area contributed by atoms with Gasteiger partial charge in [-0.15, -0.1) is 0 Å². The molecule has 1 aliphatic heterocycles. The summed E-state index contributed by atoms with van der Waals surface area (Å²) in [5.74, 6) is 2.48. The Morgan fingerprint density at radius 2 is 1.81 bits per heavy atom. The van der Waals surface area contributed by atoms with Gasteiger partial charge in [0.1, 0.15) is 23.6 Å². The van der Waals surface area contributed by atoms with Gasteiger partial charge >= 0.3 is 6.03 Å². The minimum Gasteiger partial charge on any atom is -0.497 e. The van der Waals surface area contributed by atoms with E-state index >= 15 is 0 Å². The molecule has 2 aromatic carbocycles. The minimum absolute atomic E-state index is 0.133. The molecule has 1 saturated heterocycles. The van der Waals surface area contributed by atoms with E-state index in [-0.39, 0.29) is 24.4 Å². The maximum atomic E-state index is 13.2. The van der Waals surface area contributed by atoms with Gasteiger partial charge in [-0.2, -0.15) is 4.98 Å². The highest BCUT2D eigenvalue weighted by molar-refractivity contribution is 5.89. The largest absolute Gasteiger partial charge is 0.497 e. The maximum absolute atomic E-state index is 13.2. The number of piperazine rings is 1. The number of carbonyl (C=O) groups excluding carboxylic acids is 2. The first-order valence-electron chi connectivity index (χ1n) is 13.6. The lowest BCUT2D eigenvalue weighted by molar-refractivity contribution is -0.121. The van der Waals surface area contributed by atoms with Gasteiger partial charge in [0.2, 0.25) is 11.9 Å². The summed E-state index contributed by atoms with van der Waals surface area (Å²) >= 11 is 0. The molecule has 0 bridgehead atoms. The zero-order valence-corrected chi connectivity index (χ0v) is 23.9. The van der Waals surface area contributed by atoms with Crippen molar-refractivity contribution in [2.24, 2.45) is 0 Å². The molecule has 0 saturated carbocycles. The lowest BCUT2D eigenvalue weighted by atomic mass is 10.1. The second-order valence-corrected chi connectivity index (χ2v) is 9.92. The van der Waals surface area contributed by atoms with Crippen molar-refractivity contribution in [3.8, 4) is 17.4 Å². The van der Waals surface area contributed by atoms with E-state index in [9.17, 15) is 9.59 Å². The molecule has 2 N–H and O–H groups in total. The number of ether oxygens (including phenoxy) is 2. The molecule has 5 rings (SSSR count). The Balaban J connectivity index is 1.33. The van der Waals surface area contributed by atoms with Crippen LogP contribution in [0.5, 0.6) is 11.5 Å². The van der Waals surface area contributed by atoms with Gasteiger partial charge in [-0.1, -0.05) is 12.1 Å². The zero-order valence-electron chi connectivity index (χ0n) is 23.9. The molecule has 1 aliphatic rings. The molecule has 0 radical (unpaired) electrons. The van der Waals surface area contributed by atoms with Crippen molar-refractivity contribution in [1.82, 2.24) is 29.7 Å².